The first-order valence-electron chi connectivity index (χ1n) is 4.32. The highest BCUT2D eigenvalue weighted by atomic mass is 16.5. The minimum Gasteiger partial charge on any atom is -0.475 e. The van der Waals surface area contributed by atoms with Crippen molar-refractivity contribution < 1.29 is 4.74 Å². The third-order valence-corrected chi connectivity index (χ3v) is 1.43. The van der Waals surface area contributed by atoms with Crippen LogP contribution in [-0.2, 0) is 0 Å². The molecule has 4 nitrogen and oxygen atoms in total. The Kier molecular flexibility index (Phi) is 3.06. The molecule has 0 saturated carbocycles. The van der Waals surface area contributed by atoms with Gasteiger partial charge in [0.25, 0.3) is 0 Å². The van der Waals surface area contributed by atoms with Crippen LogP contribution in [0, 0.1) is 6.92 Å². The molecule has 0 fully saturated rings. The smallest absolute Gasteiger partial charge is 0.218 e. The van der Waals surface area contributed by atoms with Crippen LogP contribution in [0.4, 0.5) is 5.82 Å². The average molecular weight is 181 g/mol. The molecule has 1 aromatic heterocycles. The van der Waals surface area contributed by atoms with Crippen molar-refractivity contribution in [3.63, 3.8) is 0 Å². The number of rotatable bonds is 3. The molecule has 4 heteroatoms. The van der Waals surface area contributed by atoms with Gasteiger partial charge in [0.05, 0.1) is 6.10 Å². The Morgan fingerprint density at radius 1 is 1.38 bits per heavy atom. The highest BCUT2D eigenvalue weighted by Gasteiger charge is 2.02. The highest BCUT2D eigenvalue weighted by Crippen LogP contribution is 2.13. The minimum absolute atomic E-state index is 0.138. The lowest BCUT2D eigenvalue weighted by Crippen LogP contribution is -2.08. The summed E-state index contributed by atoms with van der Waals surface area (Å²) in [5.41, 5.74) is 0. The van der Waals surface area contributed by atoms with Crippen molar-refractivity contribution in [2.24, 2.45) is 0 Å². The Morgan fingerprint density at radius 3 is 2.62 bits per heavy atom. The van der Waals surface area contributed by atoms with E-state index in [1.807, 2.05) is 27.8 Å². The predicted octanol–water partition coefficient (Wildman–Crippen LogP) is 1.61. The van der Waals surface area contributed by atoms with Crippen LogP contribution < -0.4 is 10.1 Å². The fourth-order valence-corrected chi connectivity index (χ4v) is 0.970. The SMILES string of the molecule is CNc1cc(OC(C)C)nc(C)n1. The molecule has 1 rings (SSSR count). The van der Waals surface area contributed by atoms with E-state index in [0.717, 1.165) is 5.82 Å². The van der Waals surface area contributed by atoms with Gasteiger partial charge in [0.1, 0.15) is 11.6 Å². The standard InChI is InChI=1S/C9H15N3O/c1-6(2)13-9-5-8(10-4)11-7(3)12-9/h5-6H,1-4H3,(H,10,11,12). The number of hydrogen-bond donors (Lipinski definition) is 1. The molecule has 0 aliphatic heterocycles. The van der Waals surface area contributed by atoms with E-state index in [9.17, 15) is 0 Å². The van der Waals surface area contributed by atoms with Crippen molar-refractivity contribution in [1.29, 1.82) is 0 Å². The lowest BCUT2D eigenvalue weighted by Gasteiger charge is -2.09. The summed E-state index contributed by atoms with van der Waals surface area (Å²) < 4.78 is 5.45. The van der Waals surface area contributed by atoms with Gasteiger partial charge in [-0.1, -0.05) is 0 Å². The van der Waals surface area contributed by atoms with E-state index < -0.39 is 0 Å². The van der Waals surface area contributed by atoms with E-state index in [1.54, 1.807) is 6.07 Å². The fraction of sp³-hybridized carbons (Fsp3) is 0.556. The van der Waals surface area contributed by atoms with Gasteiger partial charge < -0.3 is 10.1 Å². The Labute approximate surface area is 78.4 Å². The second-order valence-electron chi connectivity index (χ2n) is 3.06. The topological polar surface area (TPSA) is 47.0 Å². The number of nitrogens with zero attached hydrogens (tertiary/aromatic N) is 2. The predicted molar refractivity (Wildman–Crippen MR) is 52.1 cm³/mol. The molecule has 1 heterocycles. The van der Waals surface area contributed by atoms with E-state index >= 15 is 0 Å². The molecular formula is C9H15N3O. The number of nitrogens with one attached hydrogen (secondary N) is 1. The van der Waals surface area contributed by atoms with Crippen LogP contribution in [0.5, 0.6) is 5.88 Å². The molecule has 0 bridgehead atoms. The molecule has 0 saturated heterocycles. The van der Waals surface area contributed by atoms with Crippen LogP contribution in [0.1, 0.15) is 19.7 Å². The maximum atomic E-state index is 5.45. The van der Waals surface area contributed by atoms with E-state index in [-0.39, 0.29) is 6.10 Å². The van der Waals surface area contributed by atoms with Gasteiger partial charge in [0.15, 0.2) is 0 Å². The summed E-state index contributed by atoms with van der Waals surface area (Å²) in [5, 5.41) is 2.95. The summed E-state index contributed by atoms with van der Waals surface area (Å²) in [7, 11) is 1.82. The highest BCUT2D eigenvalue weighted by molar-refractivity contribution is 5.37. The number of ether oxygens (including phenoxy) is 1. The van der Waals surface area contributed by atoms with Gasteiger partial charge >= 0.3 is 0 Å². The van der Waals surface area contributed by atoms with E-state index in [4.69, 9.17) is 4.74 Å². The van der Waals surface area contributed by atoms with Gasteiger partial charge in [-0.05, 0) is 20.8 Å². The fourth-order valence-electron chi connectivity index (χ4n) is 0.970. The van der Waals surface area contributed by atoms with Crippen LogP contribution in [0.15, 0.2) is 6.07 Å². The van der Waals surface area contributed by atoms with Gasteiger partial charge in [0, 0.05) is 13.1 Å². The van der Waals surface area contributed by atoms with Crippen LogP contribution in [-0.4, -0.2) is 23.1 Å². The van der Waals surface area contributed by atoms with Gasteiger partial charge in [-0.2, -0.15) is 4.98 Å². The van der Waals surface area contributed by atoms with Crippen molar-refractivity contribution in [1.82, 2.24) is 9.97 Å². The van der Waals surface area contributed by atoms with Crippen molar-refractivity contribution >= 4 is 5.82 Å². The number of anilines is 1. The minimum atomic E-state index is 0.138. The molecule has 72 valence electrons. The Hall–Kier alpha value is -1.32. The van der Waals surface area contributed by atoms with Gasteiger partial charge in [-0.15, -0.1) is 0 Å². The Bertz CT molecular complexity index is 286. The molecule has 0 radical (unpaired) electrons. The Morgan fingerprint density at radius 2 is 2.08 bits per heavy atom. The first-order chi connectivity index (χ1) is 6.11. The zero-order valence-electron chi connectivity index (χ0n) is 8.46. The maximum Gasteiger partial charge on any atom is 0.218 e. The van der Waals surface area contributed by atoms with E-state index in [1.165, 1.54) is 0 Å². The van der Waals surface area contributed by atoms with Crippen LogP contribution in [0.3, 0.4) is 0 Å². The van der Waals surface area contributed by atoms with Crippen molar-refractivity contribution in [2.75, 3.05) is 12.4 Å². The molecular weight excluding hydrogens is 166 g/mol. The molecule has 0 spiro atoms. The summed E-state index contributed by atoms with van der Waals surface area (Å²) in [5.74, 6) is 2.11. The quantitative estimate of drug-likeness (QED) is 0.769. The Balaban J connectivity index is 2.88. The normalized spacial score (nSPS) is 10.2. The summed E-state index contributed by atoms with van der Waals surface area (Å²) in [6.07, 6.45) is 0.138. The van der Waals surface area contributed by atoms with Crippen molar-refractivity contribution in [3.05, 3.63) is 11.9 Å². The zero-order valence-corrected chi connectivity index (χ0v) is 8.46. The number of hydrogen-bond acceptors (Lipinski definition) is 4. The molecule has 0 unspecified atom stereocenters. The molecule has 1 N–H and O–H groups in total. The lowest BCUT2D eigenvalue weighted by molar-refractivity contribution is 0.232. The largest absolute Gasteiger partial charge is 0.475 e. The second-order valence-corrected chi connectivity index (χ2v) is 3.06. The number of aromatic nitrogens is 2. The summed E-state index contributed by atoms with van der Waals surface area (Å²) >= 11 is 0. The average Bonchev–Trinajstić information content (AvgIpc) is 2.01. The number of aryl methyl sites for hydroxylation is 1. The molecule has 0 aromatic carbocycles. The van der Waals surface area contributed by atoms with Crippen molar-refractivity contribution in [2.45, 2.75) is 26.9 Å². The summed E-state index contributed by atoms with van der Waals surface area (Å²) in [6, 6.07) is 1.78. The molecule has 13 heavy (non-hydrogen) atoms. The summed E-state index contributed by atoms with van der Waals surface area (Å²) in [6.45, 7) is 5.78. The van der Waals surface area contributed by atoms with Crippen molar-refractivity contribution in [3.8, 4) is 5.88 Å². The van der Waals surface area contributed by atoms with E-state index in [0.29, 0.717) is 11.7 Å². The third-order valence-electron chi connectivity index (χ3n) is 1.43. The van der Waals surface area contributed by atoms with Crippen LogP contribution >= 0.6 is 0 Å². The first kappa shape index (κ1) is 9.77. The molecule has 0 aliphatic carbocycles. The lowest BCUT2D eigenvalue weighted by atomic mass is 10.4. The second kappa shape index (κ2) is 4.07. The van der Waals surface area contributed by atoms with E-state index in [2.05, 4.69) is 15.3 Å². The van der Waals surface area contributed by atoms with Crippen LogP contribution in [0.2, 0.25) is 0 Å². The van der Waals surface area contributed by atoms with Gasteiger partial charge in [-0.25, -0.2) is 4.98 Å². The van der Waals surface area contributed by atoms with Crippen LogP contribution in [0.25, 0.3) is 0 Å². The molecule has 0 amide bonds. The molecule has 1 aromatic rings. The monoisotopic (exact) mass is 181 g/mol. The van der Waals surface area contributed by atoms with Gasteiger partial charge in [-0.3, -0.25) is 0 Å². The first-order valence-corrected chi connectivity index (χ1v) is 4.32. The third kappa shape index (κ3) is 2.89. The van der Waals surface area contributed by atoms with Gasteiger partial charge in [0.2, 0.25) is 5.88 Å². The molecule has 0 aliphatic rings. The molecule has 0 atom stereocenters. The summed E-state index contributed by atoms with van der Waals surface area (Å²) in [4.78, 5) is 8.31. The maximum absolute atomic E-state index is 5.45. The zero-order chi connectivity index (χ0) is 9.84.